The largest absolute Gasteiger partial charge is 0.456 e. The van der Waals surface area contributed by atoms with Crippen LogP contribution in [0.15, 0.2) is 290 Å². The Balaban J connectivity index is 0.983. The summed E-state index contributed by atoms with van der Waals surface area (Å²) in [5, 5.41) is 7.21. The van der Waals surface area contributed by atoms with E-state index in [0.29, 0.717) is 0 Å². The number of anilines is 6. The van der Waals surface area contributed by atoms with Gasteiger partial charge in [0.05, 0.1) is 11.0 Å². The minimum Gasteiger partial charge on any atom is -0.456 e. The Kier molecular flexibility index (Phi) is 10.7. The van der Waals surface area contributed by atoms with E-state index in [2.05, 4.69) is 287 Å². The quantitative estimate of drug-likeness (QED) is 0.136. The van der Waals surface area contributed by atoms with Gasteiger partial charge in [-0.2, -0.15) is 0 Å². The Morgan fingerprint density at radius 2 is 0.805 bits per heavy atom. The van der Waals surface area contributed by atoms with E-state index in [1.165, 1.54) is 58.7 Å². The second-order valence-electron chi connectivity index (χ2n) is 19.7. The first-order chi connectivity index (χ1) is 38.2. The highest BCUT2D eigenvalue weighted by atomic mass is 32.1. The third-order valence-electron chi connectivity index (χ3n) is 15.1. The number of furan rings is 1. The number of hydrogen-bond donors (Lipinski definition) is 0. The van der Waals surface area contributed by atoms with Crippen LogP contribution in [0.1, 0.15) is 0 Å². The van der Waals surface area contributed by atoms with Gasteiger partial charge in [-0.3, -0.25) is 0 Å². The molecule has 0 aliphatic heterocycles. The van der Waals surface area contributed by atoms with Crippen LogP contribution in [-0.4, -0.2) is 4.57 Å². The van der Waals surface area contributed by atoms with Crippen LogP contribution in [0.2, 0.25) is 0 Å². The third-order valence-corrected chi connectivity index (χ3v) is 16.3. The highest BCUT2D eigenvalue weighted by molar-refractivity contribution is 7.26. The van der Waals surface area contributed by atoms with Crippen molar-refractivity contribution in [1.29, 1.82) is 0 Å². The van der Waals surface area contributed by atoms with Gasteiger partial charge in [-0.05, 0) is 143 Å². The maximum atomic E-state index is 6.36. The van der Waals surface area contributed by atoms with E-state index in [0.717, 1.165) is 78.4 Å². The molecule has 15 rings (SSSR count). The highest BCUT2D eigenvalue weighted by Crippen LogP contribution is 2.50. The molecule has 5 heteroatoms. The molecule has 0 spiro atoms. The predicted molar refractivity (Wildman–Crippen MR) is 327 cm³/mol. The first-order valence-corrected chi connectivity index (χ1v) is 27.0. The predicted octanol–water partition coefficient (Wildman–Crippen LogP) is 21.0. The summed E-state index contributed by atoms with van der Waals surface area (Å²) in [6.45, 7) is 0. The van der Waals surface area contributed by atoms with E-state index in [1.54, 1.807) is 0 Å². The smallest absolute Gasteiger partial charge is 0.136 e. The van der Waals surface area contributed by atoms with Gasteiger partial charge in [0.2, 0.25) is 0 Å². The van der Waals surface area contributed by atoms with Crippen LogP contribution in [0.4, 0.5) is 34.1 Å². The lowest BCUT2D eigenvalue weighted by atomic mass is 9.97. The van der Waals surface area contributed by atoms with Crippen molar-refractivity contribution in [3.63, 3.8) is 0 Å². The topological polar surface area (TPSA) is 24.6 Å². The van der Waals surface area contributed by atoms with Crippen LogP contribution < -0.4 is 9.80 Å². The zero-order valence-corrected chi connectivity index (χ0v) is 42.6. The first kappa shape index (κ1) is 44.5. The molecule has 0 fully saturated rings. The number of nitrogens with zero attached hydrogens (tertiary/aromatic N) is 3. The molecule has 0 amide bonds. The molecule has 12 aromatic carbocycles. The molecule has 0 saturated heterocycles. The maximum absolute atomic E-state index is 6.36. The minimum atomic E-state index is 0.885. The van der Waals surface area contributed by atoms with Gasteiger partial charge in [0.15, 0.2) is 0 Å². The van der Waals surface area contributed by atoms with Gasteiger partial charge in [-0.25, -0.2) is 0 Å². The van der Waals surface area contributed by atoms with Crippen molar-refractivity contribution < 1.29 is 4.42 Å². The number of aromatic nitrogens is 1. The maximum Gasteiger partial charge on any atom is 0.136 e. The first-order valence-electron chi connectivity index (χ1n) is 26.1. The number of para-hydroxylation sites is 5. The standard InChI is InChI=1S/C72H47N3OS/c1-5-19-48(20-6-1)49-33-38-56(39-34-49)73(53-21-7-2-8-22-53)58-43-52(64-47-65-60-27-13-16-30-66(60)75(55-25-11-4-12-26-55)71(65)70-63-29-15-18-32-69(63)77-72(64)70)44-59(46-58)74(54-23-9-3-10-24-54)57-40-35-50(36-41-57)51-37-42-62-61-28-14-17-31-67(61)76-68(62)45-51/h1-47H. The molecule has 3 aromatic heterocycles. The Morgan fingerprint density at radius 1 is 0.312 bits per heavy atom. The van der Waals surface area contributed by atoms with Gasteiger partial charge in [0.1, 0.15) is 11.2 Å². The molecule has 0 N–H and O–H groups in total. The van der Waals surface area contributed by atoms with Crippen molar-refractivity contribution >= 4 is 109 Å². The summed E-state index contributed by atoms with van der Waals surface area (Å²) >= 11 is 1.88. The summed E-state index contributed by atoms with van der Waals surface area (Å²) in [5.41, 5.74) is 18.5. The third kappa shape index (κ3) is 7.67. The minimum absolute atomic E-state index is 0.885. The SMILES string of the molecule is c1ccc(-c2ccc(N(c3ccccc3)c3cc(-c4cc5c6ccccc6n(-c6ccccc6)c5c5c4sc4ccccc45)cc(N(c4ccccc4)c4ccc(-c5ccc6c(c5)oc5ccccc56)cc4)c3)cc2)cc1. The molecular formula is C72H47N3OS. The zero-order chi connectivity index (χ0) is 50.8. The fourth-order valence-electron chi connectivity index (χ4n) is 11.6. The molecule has 0 aliphatic carbocycles. The highest BCUT2D eigenvalue weighted by Gasteiger charge is 2.25. The van der Waals surface area contributed by atoms with E-state index in [-0.39, 0.29) is 0 Å². The molecule has 0 aliphatic rings. The number of benzene rings is 12. The van der Waals surface area contributed by atoms with Crippen LogP contribution in [-0.2, 0) is 0 Å². The molecule has 77 heavy (non-hydrogen) atoms. The van der Waals surface area contributed by atoms with Crippen LogP contribution in [0.25, 0.3) is 103 Å². The second-order valence-corrected chi connectivity index (χ2v) is 20.7. The van der Waals surface area contributed by atoms with Crippen LogP contribution in [0.3, 0.4) is 0 Å². The molecule has 3 heterocycles. The fraction of sp³-hybridized carbons (Fsp3) is 0. The molecule has 362 valence electrons. The summed E-state index contributed by atoms with van der Waals surface area (Å²) < 4.78 is 11.3. The van der Waals surface area contributed by atoms with Crippen LogP contribution in [0.5, 0.6) is 0 Å². The molecule has 4 nitrogen and oxygen atoms in total. The Morgan fingerprint density at radius 3 is 1.47 bits per heavy atom. The Labute approximate surface area is 449 Å². The van der Waals surface area contributed by atoms with Gasteiger partial charge >= 0.3 is 0 Å². The molecule has 0 unspecified atom stereocenters. The van der Waals surface area contributed by atoms with Crippen molar-refractivity contribution in [1.82, 2.24) is 4.57 Å². The van der Waals surface area contributed by atoms with Gasteiger partial charge < -0.3 is 18.8 Å². The molecule has 0 atom stereocenters. The number of hydrogen-bond acceptors (Lipinski definition) is 4. The summed E-state index contributed by atoms with van der Waals surface area (Å²) in [6, 6.07) is 103. The fourth-order valence-corrected chi connectivity index (χ4v) is 12.8. The van der Waals surface area contributed by atoms with Gasteiger partial charge in [-0.15, -0.1) is 11.3 Å². The number of thiophene rings is 1. The Hall–Kier alpha value is -9.94. The summed E-state index contributed by atoms with van der Waals surface area (Å²) in [4.78, 5) is 4.81. The van der Waals surface area contributed by atoms with Crippen molar-refractivity contribution in [3.8, 4) is 39.1 Å². The average molecular weight is 1000 g/mol. The second kappa shape index (κ2) is 18.5. The lowest BCUT2D eigenvalue weighted by Gasteiger charge is -2.30. The van der Waals surface area contributed by atoms with E-state index < -0.39 is 0 Å². The van der Waals surface area contributed by atoms with Crippen molar-refractivity contribution in [3.05, 3.63) is 285 Å². The van der Waals surface area contributed by atoms with Crippen molar-refractivity contribution in [2.24, 2.45) is 0 Å². The molecule has 15 aromatic rings. The number of fused-ring (bicyclic) bond motifs is 10. The van der Waals surface area contributed by atoms with E-state index in [4.69, 9.17) is 4.42 Å². The zero-order valence-electron chi connectivity index (χ0n) is 41.8. The van der Waals surface area contributed by atoms with E-state index >= 15 is 0 Å². The van der Waals surface area contributed by atoms with Crippen molar-refractivity contribution in [2.75, 3.05) is 9.80 Å². The van der Waals surface area contributed by atoms with E-state index in [1.807, 2.05) is 23.5 Å². The summed E-state index contributed by atoms with van der Waals surface area (Å²) in [7, 11) is 0. The molecular weight excluding hydrogens is 955 g/mol. The number of rotatable bonds is 10. The monoisotopic (exact) mass is 1000 g/mol. The normalized spacial score (nSPS) is 11.6. The molecule has 0 radical (unpaired) electrons. The van der Waals surface area contributed by atoms with Crippen LogP contribution >= 0.6 is 11.3 Å². The van der Waals surface area contributed by atoms with Gasteiger partial charge in [0.25, 0.3) is 0 Å². The summed E-state index contributed by atoms with van der Waals surface area (Å²) in [5.74, 6) is 0. The van der Waals surface area contributed by atoms with Crippen LogP contribution in [0, 0.1) is 0 Å². The van der Waals surface area contributed by atoms with Gasteiger partial charge in [-0.1, -0.05) is 170 Å². The summed E-state index contributed by atoms with van der Waals surface area (Å²) in [6.07, 6.45) is 0. The Bertz CT molecular complexity index is 4660. The average Bonchev–Trinajstić information content (AvgIpc) is 4.30. The van der Waals surface area contributed by atoms with Gasteiger partial charge in [0, 0.05) is 87.1 Å². The van der Waals surface area contributed by atoms with Crippen molar-refractivity contribution in [2.45, 2.75) is 0 Å². The lowest BCUT2D eigenvalue weighted by Crippen LogP contribution is -2.13. The lowest BCUT2D eigenvalue weighted by molar-refractivity contribution is 0.669. The molecule has 0 saturated carbocycles. The molecule has 0 bridgehead atoms. The van der Waals surface area contributed by atoms with E-state index in [9.17, 15) is 0 Å².